The van der Waals surface area contributed by atoms with Gasteiger partial charge in [-0.05, 0) is 63.3 Å². The van der Waals surface area contributed by atoms with Gasteiger partial charge in [0.05, 0.1) is 5.69 Å². The van der Waals surface area contributed by atoms with Crippen molar-refractivity contribution in [2.24, 2.45) is 5.92 Å². The number of benzene rings is 1. The second-order valence-electron chi connectivity index (χ2n) is 7.00. The first-order valence-corrected chi connectivity index (χ1v) is 8.43. The predicted octanol–water partition coefficient (Wildman–Crippen LogP) is 4.61. The molecular weight excluding hydrogens is 346 g/mol. The zero-order valence-corrected chi connectivity index (χ0v) is 14.6. The lowest BCUT2D eigenvalue weighted by Crippen LogP contribution is -2.47. The Morgan fingerprint density at radius 2 is 1.95 bits per heavy atom. The molecule has 1 heterocycles. The number of hydrogen-bond acceptors (Lipinski definition) is 3. The molecule has 5 heteroatoms. The van der Waals surface area contributed by atoms with Gasteiger partial charge in [-0.3, -0.25) is 4.79 Å². The van der Waals surface area contributed by atoms with E-state index in [0.29, 0.717) is 5.69 Å². The fourth-order valence-corrected chi connectivity index (χ4v) is 3.81. The molecule has 0 radical (unpaired) electrons. The molecule has 2 unspecified atom stereocenters. The summed E-state index contributed by atoms with van der Waals surface area (Å²) >= 11 is 3.49. The van der Waals surface area contributed by atoms with Crippen molar-refractivity contribution in [3.05, 3.63) is 28.2 Å². The second kappa shape index (κ2) is 5.37. The van der Waals surface area contributed by atoms with E-state index in [2.05, 4.69) is 15.9 Å². The standard InChI is InChI=1S/C17H20BrNO3/c1-17(2,3)22-16(21)19-14-8-7-10(18)9-13(14)11-5-4-6-12(11)15(19)20/h7-9,11-12H,4-6H2,1-3H3. The number of halogens is 1. The molecule has 22 heavy (non-hydrogen) atoms. The van der Waals surface area contributed by atoms with Crippen molar-refractivity contribution >= 4 is 33.6 Å². The van der Waals surface area contributed by atoms with Gasteiger partial charge in [-0.15, -0.1) is 0 Å². The molecule has 1 fully saturated rings. The van der Waals surface area contributed by atoms with Gasteiger partial charge in [-0.1, -0.05) is 22.4 Å². The normalized spacial score (nSPS) is 24.0. The van der Waals surface area contributed by atoms with Crippen molar-refractivity contribution < 1.29 is 14.3 Å². The first-order chi connectivity index (χ1) is 10.3. The molecule has 1 aliphatic carbocycles. The van der Waals surface area contributed by atoms with Crippen LogP contribution in [0.4, 0.5) is 10.5 Å². The number of rotatable bonds is 0. The Morgan fingerprint density at radius 3 is 2.64 bits per heavy atom. The van der Waals surface area contributed by atoms with Crippen molar-refractivity contribution in [3.63, 3.8) is 0 Å². The van der Waals surface area contributed by atoms with Gasteiger partial charge in [0.1, 0.15) is 5.60 Å². The second-order valence-corrected chi connectivity index (χ2v) is 7.92. The number of amides is 2. The number of nitrogens with zero attached hydrogens (tertiary/aromatic N) is 1. The summed E-state index contributed by atoms with van der Waals surface area (Å²) in [7, 11) is 0. The third kappa shape index (κ3) is 2.67. The van der Waals surface area contributed by atoms with E-state index in [9.17, 15) is 9.59 Å². The molecule has 4 nitrogen and oxygen atoms in total. The minimum atomic E-state index is -0.626. The van der Waals surface area contributed by atoms with Gasteiger partial charge in [0.15, 0.2) is 0 Å². The average molecular weight is 366 g/mol. The summed E-state index contributed by atoms with van der Waals surface area (Å²) in [6, 6.07) is 5.72. The predicted molar refractivity (Wildman–Crippen MR) is 87.9 cm³/mol. The highest BCUT2D eigenvalue weighted by Gasteiger charge is 2.46. The van der Waals surface area contributed by atoms with Crippen molar-refractivity contribution in [2.75, 3.05) is 4.90 Å². The Hall–Kier alpha value is -1.36. The molecule has 1 aliphatic heterocycles. The molecule has 1 aromatic carbocycles. The van der Waals surface area contributed by atoms with E-state index in [0.717, 1.165) is 29.3 Å². The maximum atomic E-state index is 12.8. The highest BCUT2D eigenvalue weighted by molar-refractivity contribution is 9.10. The van der Waals surface area contributed by atoms with E-state index in [-0.39, 0.29) is 17.7 Å². The number of anilines is 1. The van der Waals surface area contributed by atoms with E-state index < -0.39 is 11.7 Å². The monoisotopic (exact) mass is 365 g/mol. The Morgan fingerprint density at radius 1 is 1.27 bits per heavy atom. The van der Waals surface area contributed by atoms with Crippen LogP contribution < -0.4 is 4.90 Å². The first-order valence-electron chi connectivity index (χ1n) is 7.64. The van der Waals surface area contributed by atoms with Crippen molar-refractivity contribution in [1.29, 1.82) is 0 Å². The third-order valence-electron chi connectivity index (χ3n) is 4.26. The van der Waals surface area contributed by atoms with Gasteiger partial charge in [0.25, 0.3) is 0 Å². The molecule has 2 aliphatic rings. The molecule has 0 aromatic heterocycles. The Bertz CT molecular complexity index is 635. The van der Waals surface area contributed by atoms with E-state index in [1.165, 1.54) is 4.90 Å². The number of fused-ring (bicyclic) bond motifs is 3. The number of imide groups is 1. The Labute approximate surface area is 138 Å². The maximum Gasteiger partial charge on any atom is 0.421 e. The zero-order chi connectivity index (χ0) is 16.1. The van der Waals surface area contributed by atoms with Crippen LogP contribution in [0.15, 0.2) is 22.7 Å². The Kier molecular flexibility index (Phi) is 3.79. The lowest BCUT2D eigenvalue weighted by atomic mass is 9.83. The molecule has 2 atom stereocenters. The molecule has 0 bridgehead atoms. The highest BCUT2D eigenvalue weighted by Crippen LogP contribution is 2.49. The van der Waals surface area contributed by atoms with Crippen LogP contribution in [0.2, 0.25) is 0 Å². The van der Waals surface area contributed by atoms with Gasteiger partial charge in [0, 0.05) is 10.4 Å². The number of hydrogen-bond donors (Lipinski definition) is 0. The minimum absolute atomic E-state index is 0.102. The van der Waals surface area contributed by atoms with Gasteiger partial charge < -0.3 is 4.74 Å². The van der Waals surface area contributed by atoms with Gasteiger partial charge in [-0.2, -0.15) is 0 Å². The van der Waals surface area contributed by atoms with Crippen LogP contribution in [0.1, 0.15) is 51.5 Å². The summed E-state index contributed by atoms with van der Waals surface area (Å²) in [6.45, 7) is 5.42. The molecule has 0 N–H and O–H groups in total. The largest absolute Gasteiger partial charge is 0.443 e. The van der Waals surface area contributed by atoms with E-state index in [4.69, 9.17) is 4.74 Å². The Balaban J connectivity index is 2.05. The molecule has 3 rings (SSSR count). The SMILES string of the molecule is CC(C)(C)OC(=O)N1C(=O)C2CCCC2c2cc(Br)ccc21. The summed E-state index contributed by atoms with van der Waals surface area (Å²) in [4.78, 5) is 26.6. The lowest BCUT2D eigenvalue weighted by Gasteiger charge is -2.36. The fraction of sp³-hybridized carbons (Fsp3) is 0.529. The summed E-state index contributed by atoms with van der Waals surface area (Å²) in [5.74, 6) is -0.000391. The van der Waals surface area contributed by atoms with Crippen LogP contribution in [0.25, 0.3) is 0 Å². The smallest absolute Gasteiger partial charge is 0.421 e. The fourth-order valence-electron chi connectivity index (χ4n) is 3.43. The molecule has 1 aromatic rings. The maximum absolute atomic E-state index is 12.8. The first kappa shape index (κ1) is 15.5. The molecule has 0 spiro atoms. The van der Waals surface area contributed by atoms with Crippen LogP contribution in [0.3, 0.4) is 0 Å². The van der Waals surface area contributed by atoms with Crippen molar-refractivity contribution in [3.8, 4) is 0 Å². The number of ether oxygens (including phenoxy) is 1. The molecule has 118 valence electrons. The number of carbonyl (C=O) groups is 2. The summed E-state index contributed by atoms with van der Waals surface area (Å²) < 4.78 is 6.41. The van der Waals surface area contributed by atoms with Crippen LogP contribution in [-0.2, 0) is 9.53 Å². The lowest BCUT2D eigenvalue weighted by molar-refractivity contribution is -0.122. The van der Waals surface area contributed by atoms with Gasteiger partial charge >= 0.3 is 6.09 Å². The zero-order valence-electron chi connectivity index (χ0n) is 13.1. The van der Waals surface area contributed by atoms with Crippen molar-refractivity contribution in [1.82, 2.24) is 0 Å². The molecule has 1 saturated carbocycles. The summed E-state index contributed by atoms with van der Waals surface area (Å²) in [5, 5.41) is 0. The van der Waals surface area contributed by atoms with Crippen LogP contribution >= 0.6 is 15.9 Å². The minimum Gasteiger partial charge on any atom is -0.443 e. The number of carbonyl (C=O) groups excluding carboxylic acids is 2. The summed E-state index contributed by atoms with van der Waals surface area (Å²) in [6.07, 6.45) is 2.29. The summed E-state index contributed by atoms with van der Waals surface area (Å²) in [5.41, 5.74) is 1.12. The van der Waals surface area contributed by atoms with E-state index in [1.54, 1.807) is 20.8 Å². The van der Waals surface area contributed by atoms with Crippen LogP contribution in [0.5, 0.6) is 0 Å². The van der Waals surface area contributed by atoms with E-state index >= 15 is 0 Å². The topological polar surface area (TPSA) is 46.6 Å². The van der Waals surface area contributed by atoms with Crippen LogP contribution in [-0.4, -0.2) is 17.6 Å². The van der Waals surface area contributed by atoms with Gasteiger partial charge in [-0.25, -0.2) is 9.69 Å². The molecular formula is C17H20BrNO3. The molecule has 0 saturated heterocycles. The van der Waals surface area contributed by atoms with Crippen LogP contribution in [0, 0.1) is 5.92 Å². The highest BCUT2D eigenvalue weighted by atomic mass is 79.9. The average Bonchev–Trinajstić information content (AvgIpc) is 2.87. The van der Waals surface area contributed by atoms with Gasteiger partial charge in [0.2, 0.25) is 5.91 Å². The van der Waals surface area contributed by atoms with E-state index in [1.807, 2.05) is 18.2 Å². The molecule has 2 amide bonds. The third-order valence-corrected chi connectivity index (χ3v) is 4.75. The quantitative estimate of drug-likeness (QED) is 0.673. The van der Waals surface area contributed by atoms with Crippen molar-refractivity contribution in [2.45, 2.75) is 51.6 Å².